The van der Waals surface area contributed by atoms with Crippen LogP contribution in [-0.4, -0.2) is 17.9 Å². The molecule has 3 nitrogen and oxygen atoms in total. The van der Waals surface area contributed by atoms with E-state index >= 15 is 0 Å². The molecule has 20 heavy (non-hydrogen) atoms. The molecule has 2 aromatic rings. The summed E-state index contributed by atoms with van der Waals surface area (Å²) in [6, 6.07) is 12.2. The van der Waals surface area contributed by atoms with Gasteiger partial charge in [0.15, 0.2) is 0 Å². The lowest BCUT2D eigenvalue weighted by Gasteiger charge is -2.18. The largest absolute Gasteiger partial charge is 0.398 e. The first-order valence-corrected chi connectivity index (χ1v) is 6.78. The summed E-state index contributed by atoms with van der Waals surface area (Å²) in [7, 11) is 1.72. The average molecular weight is 309 g/mol. The zero-order valence-electron chi connectivity index (χ0n) is 10.9. The van der Waals surface area contributed by atoms with Gasteiger partial charge in [0.25, 0.3) is 5.91 Å². The maximum atomic E-state index is 12.4. The first-order chi connectivity index (χ1) is 9.47. The van der Waals surface area contributed by atoms with Gasteiger partial charge in [0, 0.05) is 29.3 Å². The first kappa shape index (κ1) is 14.7. The zero-order chi connectivity index (χ0) is 14.7. The number of amides is 1. The lowest BCUT2D eigenvalue weighted by Crippen LogP contribution is -2.27. The number of hydrogen-bond acceptors (Lipinski definition) is 2. The van der Waals surface area contributed by atoms with Crippen LogP contribution in [0.1, 0.15) is 15.9 Å². The van der Waals surface area contributed by atoms with E-state index in [-0.39, 0.29) is 5.91 Å². The number of nitrogens with two attached hydrogens (primary N) is 1. The minimum Gasteiger partial charge on any atom is -0.398 e. The molecule has 104 valence electrons. The van der Waals surface area contributed by atoms with Crippen LogP contribution in [0.15, 0.2) is 42.5 Å². The van der Waals surface area contributed by atoms with E-state index < -0.39 is 0 Å². The van der Waals surface area contributed by atoms with Crippen molar-refractivity contribution in [3.63, 3.8) is 0 Å². The molecule has 0 bridgehead atoms. The second-order valence-electron chi connectivity index (χ2n) is 4.52. The van der Waals surface area contributed by atoms with Crippen molar-refractivity contribution in [3.8, 4) is 0 Å². The van der Waals surface area contributed by atoms with Crippen LogP contribution < -0.4 is 5.73 Å². The SMILES string of the molecule is CN(Cc1ccc(Cl)cc1)C(=O)c1cc(Cl)ccc1N. The van der Waals surface area contributed by atoms with Gasteiger partial charge in [0.05, 0.1) is 5.56 Å². The molecule has 0 saturated heterocycles. The van der Waals surface area contributed by atoms with Crippen LogP contribution in [0.5, 0.6) is 0 Å². The lowest BCUT2D eigenvalue weighted by molar-refractivity contribution is 0.0786. The van der Waals surface area contributed by atoms with Crippen LogP contribution in [0.2, 0.25) is 10.0 Å². The molecule has 2 aromatic carbocycles. The third kappa shape index (κ3) is 3.44. The van der Waals surface area contributed by atoms with Crippen LogP contribution >= 0.6 is 23.2 Å². The van der Waals surface area contributed by atoms with Crippen molar-refractivity contribution in [1.29, 1.82) is 0 Å². The second-order valence-corrected chi connectivity index (χ2v) is 5.39. The summed E-state index contributed by atoms with van der Waals surface area (Å²) < 4.78 is 0. The predicted octanol–water partition coefficient (Wildman–Crippen LogP) is 3.85. The van der Waals surface area contributed by atoms with Crippen LogP contribution in [-0.2, 0) is 6.54 Å². The van der Waals surface area contributed by atoms with E-state index in [0.29, 0.717) is 27.8 Å². The van der Waals surface area contributed by atoms with Crippen molar-refractivity contribution in [2.24, 2.45) is 0 Å². The van der Waals surface area contributed by atoms with E-state index in [1.165, 1.54) is 0 Å². The Hall–Kier alpha value is -1.71. The minimum atomic E-state index is -0.167. The second kappa shape index (κ2) is 6.16. The maximum absolute atomic E-state index is 12.4. The summed E-state index contributed by atoms with van der Waals surface area (Å²) in [5.74, 6) is -0.167. The standard InChI is InChI=1S/C15H14Cl2N2O/c1-19(9-10-2-4-11(16)5-3-10)15(20)13-8-12(17)6-7-14(13)18/h2-8H,9,18H2,1H3. The fourth-order valence-electron chi connectivity index (χ4n) is 1.85. The van der Waals surface area contributed by atoms with Crippen molar-refractivity contribution < 1.29 is 4.79 Å². The van der Waals surface area contributed by atoms with Crippen LogP contribution in [0.25, 0.3) is 0 Å². The Morgan fingerprint density at radius 3 is 2.35 bits per heavy atom. The molecule has 0 unspecified atom stereocenters. The molecule has 0 heterocycles. The van der Waals surface area contributed by atoms with Crippen molar-refractivity contribution in [2.45, 2.75) is 6.54 Å². The van der Waals surface area contributed by atoms with Crippen molar-refractivity contribution in [1.82, 2.24) is 4.90 Å². The van der Waals surface area contributed by atoms with E-state index in [2.05, 4.69) is 0 Å². The smallest absolute Gasteiger partial charge is 0.256 e. The molecule has 0 aliphatic carbocycles. The molecule has 0 fully saturated rings. The molecule has 2 rings (SSSR count). The summed E-state index contributed by atoms with van der Waals surface area (Å²) in [5.41, 5.74) is 7.64. The third-order valence-corrected chi connectivity index (χ3v) is 3.41. The Labute approximate surface area is 127 Å². The number of rotatable bonds is 3. The van der Waals surface area contributed by atoms with Gasteiger partial charge in [-0.05, 0) is 35.9 Å². The molecule has 0 aromatic heterocycles. The molecule has 2 N–H and O–H groups in total. The quantitative estimate of drug-likeness (QED) is 0.875. The highest BCUT2D eigenvalue weighted by Gasteiger charge is 2.15. The van der Waals surface area contributed by atoms with E-state index in [1.807, 2.05) is 12.1 Å². The number of carbonyl (C=O) groups is 1. The Balaban J connectivity index is 2.16. The average Bonchev–Trinajstić information content (AvgIpc) is 2.43. The summed E-state index contributed by atoms with van der Waals surface area (Å²) >= 11 is 11.7. The van der Waals surface area contributed by atoms with E-state index in [0.717, 1.165) is 5.56 Å². The van der Waals surface area contributed by atoms with Gasteiger partial charge in [-0.3, -0.25) is 4.79 Å². The summed E-state index contributed by atoms with van der Waals surface area (Å²) in [5, 5.41) is 1.16. The van der Waals surface area contributed by atoms with Gasteiger partial charge in [-0.1, -0.05) is 35.3 Å². The fourth-order valence-corrected chi connectivity index (χ4v) is 2.15. The first-order valence-electron chi connectivity index (χ1n) is 6.02. The number of benzene rings is 2. The van der Waals surface area contributed by atoms with Gasteiger partial charge in [0.1, 0.15) is 0 Å². The Bertz CT molecular complexity index is 626. The molecular formula is C15H14Cl2N2O. The van der Waals surface area contributed by atoms with Crippen molar-refractivity contribution in [2.75, 3.05) is 12.8 Å². The Morgan fingerprint density at radius 2 is 1.70 bits per heavy atom. The lowest BCUT2D eigenvalue weighted by atomic mass is 10.1. The summed E-state index contributed by atoms with van der Waals surface area (Å²) in [6.07, 6.45) is 0. The van der Waals surface area contributed by atoms with E-state index in [9.17, 15) is 4.79 Å². The number of hydrogen-bond donors (Lipinski definition) is 1. The molecule has 1 amide bonds. The molecule has 0 saturated carbocycles. The summed E-state index contributed by atoms with van der Waals surface area (Å²) in [6.45, 7) is 0.474. The van der Waals surface area contributed by atoms with Crippen LogP contribution in [0.3, 0.4) is 0 Å². The highest BCUT2D eigenvalue weighted by molar-refractivity contribution is 6.31. The fraction of sp³-hybridized carbons (Fsp3) is 0.133. The molecule has 0 radical (unpaired) electrons. The molecule has 0 aliphatic rings. The van der Waals surface area contributed by atoms with Gasteiger partial charge in [-0.2, -0.15) is 0 Å². The summed E-state index contributed by atoms with van der Waals surface area (Å²) in [4.78, 5) is 13.9. The zero-order valence-corrected chi connectivity index (χ0v) is 12.4. The van der Waals surface area contributed by atoms with Gasteiger partial charge in [-0.15, -0.1) is 0 Å². The highest BCUT2D eigenvalue weighted by Crippen LogP contribution is 2.20. The topological polar surface area (TPSA) is 46.3 Å². The normalized spacial score (nSPS) is 10.3. The molecular weight excluding hydrogens is 295 g/mol. The Morgan fingerprint density at radius 1 is 1.10 bits per heavy atom. The molecule has 5 heteroatoms. The highest BCUT2D eigenvalue weighted by atomic mass is 35.5. The monoisotopic (exact) mass is 308 g/mol. The predicted molar refractivity (Wildman–Crippen MR) is 83.1 cm³/mol. The number of carbonyl (C=O) groups excluding carboxylic acids is 1. The van der Waals surface area contributed by atoms with Crippen molar-refractivity contribution >= 4 is 34.8 Å². The van der Waals surface area contributed by atoms with Gasteiger partial charge < -0.3 is 10.6 Å². The number of anilines is 1. The minimum absolute atomic E-state index is 0.167. The van der Waals surface area contributed by atoms with Crippen LogP contribution in [0, 0.1) is 0 Å². The van der Waals surface area contributed by atoms with E-state index in [1.54, 1.807) is 42.3 Å². The van der Waals surface area contributed by atoms with Gasteiger partial charge >= 0.3 is 0 Å². The number of halogens is 2. The van der Waals surface area contributed by atoms with Crippen LogP contribution in [0.4, 0.5) is 5.69 Å². The Kier molecular flexibility index (Phi) is 4.53. The number of nitrogens with zero attached hydrogens (tertiary/aromatic N) is 1. The van der Waals surface area contributed by atoms with Gasteiger partial charge in [0.2, 0.25) is 0 Å². The molecule has 0 aliphatic heterocycles. The van der Waals surface area contributed by atoms with Crippen molar-refractivity contribution in [3.05, 3.63) is 63.6 Å². The van der Waals surface area contributed by atoms with Gasteiger partial charge in [-0.25, -0.2) is 0 Å². The molecule has 0 spiro atoms. The number of nitrogen functional groups attached to an aromatic ring is 1. The molecule has 0 atom stereocenters. The van der Waals surface area contributed by atoms with E-state index in [4.69, 9.17) is 28.9 Å². The maximum Gasteiger partial charge on any atom is 0.256 e. The third-order valence-electron chi connectivity index (χ3n) is 2.93.